The van der Waals surface area contributed by atoms with Crippen LogP contribution in [0.4, 0.5) is 15.8 Å². The molecule has 1 aliphatic heterocycles. The van der Waals surface area contributed by atoms with Gasteiger partial charge in [0, 0.05) is 23.3 Å². The molecule has 0 unspecified atom stereocenters. The Bertz CT molecular complexity index is 677. The molecule has 3 heteroatoms. The molecule has 20 heavy (non-hydrogen) atoms. The fourth-order valence-corrected chi connectivity index (χ4v) is 2.80. The van der Waals surface area contributed by atoms with Gasteiger partial charge < -0.3 is 4.90 Å². The minimum Gasteiger partial charge on any atom is -0.339 e. The van der Waals surface area contributed by atoms with Crippen LogP contribution in [0.2, 0.25) is 0 Å². The Labute approximate surface area is 119 Å². The molecule has 2 nitrogen and oxygen atoms in total. The molecule has 0 bridgehead atoms. The van der Waals surface area contributed by atoms with Crippen molar-refractivity contribution >= 4 is 11.4 Å². The van der Waals surface area contributed by atoms with E-state index < -0.39 is 0 Å². The van der Waals surface area contributed by atoms with Gasteiger partial charge in [0.2, 0.25) is 0 Å². The Morgan fingerprint density at radius 1 is 1.15 bits per heavy atom. The molecule has 0 saturated carbocycles. The van der Waals surface area contributed by atoms with Gasteiger partial charge >= 0.3 is 0 Å². The second-order valence-electron chi connectivity index (χ2n) is 6.22. The third-order valence-electron chi connectivity index (χ3n) is 3.97. The highest BCUT2D eigenvalue weighted by atomic mass is 19.1. The minimum atomic E-state index is -0.158. The van der Waals surface area contributed by atoms with Crippen LogP contribution in [0.3, 0.4) is 0 Å². The molecule has 0 radical (unpaired) electrons. The highest BCUT2D eigenvalue weighted by Gasteiger charge is 2.37. The van der Waals surface area contributed by atoms with Crippen LogP contribution < -0.4 is 4.90 Å². The number of hydrogen-bond acceptors (Lipinski definition) is 2. The second kappa shape index (κ2) is 4.30. The van der Waals surface area contributed by atoms with Gasteiger partial charge in [0.05, 0.1) is 11.4 Å². The number of hydrogen-bond donors (Lipinski definition) is 0. The van der Waals surface area contributed by atoms with E-state index in [1.165, 1.54) is 0 Å². The standard InChI is InChI=1S/C17H19FN2/c1-11-5-7-13(9-14(11)18)20-10-17(3,4)16-15(20)8-6-12(2)19-16/h5-9H,10H2,1-4H3. The molecule has 104 valence electrons. The largest absolute Gasteiger partial charge is 0.339 e. The van der Waals surface area contributed by atoms with Crippen LogP contribution >= 0.6 is 0 Å². The number of fused-ring (bicyclic) bond motifs is 1. The van der Waals surface area contributed by atoms with E-state index in [2.05, 4.69) is 29.8 Å². The highest BCUT2D eigenvalue weighted by molar-refractivity contribution is 5.71. The molecule has 0 N–H and O–H groups in total. The average molecular weight is 270 g/mol. The highest BCUT2D eigenvalue weighted by Crippen LogP contribution is 2.43. The van der Waals surface area contributed by atoms with Crippen molar-refractivity contribution < 1.29 is 4.39 Å². The maximum absolute atomic E-state index is 13.8. The van der Waals surface area contributed by atoms with Crippen LogP contribution in [0.5, 0.6) is 0 Å². The van der Waals surface area contributed by atoms with Crippen molar-refractivity contribution in [2.45, 2.75) is 33.1 Å². The minimum absolute atomic E-state index is 0.0251. The van der Waals surface area contributed by atoms with Gasteiger partial charge in [0.1, 0.15) is 5.82 Å². The quantitative estimate of drug-likeness (QED) is 0.769. The molecule has 1 aliphatic rings. The third-order valence-corrected chi connectivity index (χ3v) is 3.97. The number of rotatable bonds is 1. The number of halogens is 1. The SMILES string of the molecule is Cc1ccc2c(n1)C(C)(C)CN2c1ccc(C)c(F)c1. The molecule has 0 spiro atoms. The zero-order chi connectivity index (χ0) is 14.5. The second-order valence-corrected chi connectivity index (χ2v) is 6.22. The molecule has 2 aromatic rings. The molecule has 3 rings (SSSR count). The molecule has 0 atom stereocenters. The summed E-state index contributed by atoms with van der Waals surface area (Å²) in [6.07, 6.45) is 0. The summed E-state index contributed by atoms with van der Waals surface area (Å²) in [6, 6.07) is 9.52. The molecule has 1 aromatic carbocycles. The first-order valence-corrected chi connectivity index (χ1v) is 6.90. The first-order chi connectivity index (χ1) is 9.38. The monoisotopic (exact) mass is 270 g/mol. The van der Waals surface area contributed by atoms with E-state index in [0.29, 0.717) is 5.56 Å². The third kappa shape index (κ3) is 1.98. The lowest BCUT2D eigenvalue weighted by Crippen LogP contribution is -2.25. The van der Waals surface area contributed by atoms with Crippen molar-refractivity contribution in [1.29, 1.82) is 0 Å². The number of anilines is 2. The topological polar surface area (TPSA) is 16.1 Å². The summed E-state index contributed by atoms with van der Waals surface area (Å²) >= 11 is 0. The number of aromatic nitrogens is 1. The lowest BCUT2D eigenvalue weighted by molar-refractivity contribution is 0.552. The summed E-state index contributed by atoms with van der Waals surface area (Å²) < 4.78 is 13.8. The normalized spacial score (nSPS) is 16.4. The summed E-state index contributed by atoms with van der Waals surface area (Å²) in [6.45, 7) is 8.98. The lowest BCUT2D eigenvalue weighted by atomic mass is 9.91. The molecule has 0 saturated heterocycles. The van der Waals surface area contributed by atoms with Gasteiger partial charge in [0.15, 0.2) is 0 Å². The van der Waals surface area contributed by atoms with Gasteiger partial charge in [-0.15, -0.1) is 0 Å². The van der Waals surface area contributed by atoms with Crippen molar-refractivity contribution in [2.24, 2.45) is 0 Å². The van der Waals surface area contributed by atoms with Crippen molar-refractivity contribution in [3.8, 4) is 0 Å². The van der Waals surface area contributed by atoms with E-state index >= 15 is 0 Å². The van der Waals surface area contributed by atoms with Gasteiger partial charge in [-0.05, 0) is 43.7 Å². The van der Waals surface area contributed by atoms with Crippen molar-refractivity contribution in [2.75, 3.05) is 11.4 Å². The molecule has 0 amide bonds. The van der Waals surface area contributed by atoms with Crippen molar-refractivity contribution in [3.63, 3.8) is 0 Å². The Balaban J connectivity index is 2.12. The van der Waals surface area contributed by atoms with Crippen LogP contribution in [0.1, 0.15) is 30.8 Å². The van der Waals surface area contributed by atoms with Crippen LogP contribution in [0, 0.1) is 19.7 Å². The smallest absolute Gasteiger partial charge is 0.128 e. The number of nitrogens with zero attached hydrogens (tertiary/aromatic N) is 2. The molecule has 2 heterocycles. The molecular weight excluding hydrogens is 251 g/mol. The van der Waals surface area contributed by atoms with Crippen LogP contribution in [0.25, 0.3) is 0 Å². The summed E-state index contributed by atoms with van der Waals surface area (Å²) in [7, 11) is 0. The van der Waals surface area contributed by atoms with Gasteiger partial charge in [-0.25, -0.2) is 4.39 Å². The lowest BCUT2D eigenvalue weighted by Gasteiger charge is -2.22. The van der Waals surface area contributed by atoms with Gasteiger partial charge in [-0.1, -0.05) is 19.9 Å². The van der Waals surface area contributed by atoms with E-state index in [1.54, 1.807) is 13.0 Å². The van der Waals surface area contributed by atoms with Gasteiger partial charge in [0.25, 0.3) is 0 Å². The molecular formula is C17H19FN2. The summed E-state index contributed by atoms with van der Waals surface area (Å²) in [5, 5.41) is 0. The first-order valence-electron chi connectivity index (χ1n) is 6.90. The number of pyridine rings is 1. The van der Waals surface area contributed by atoms with E-state index in [1.807, 2.05) is 25.1 Å². The van der Waals surface area contributed by atoms with E-state index in [9.17, 15) is 4.39 Å². The van der Waals surface area contributed by atoms with Crippen LogP contribution in [0.15, 0.2) is 30.3 Å². The van der Waals surface area contributed by atoms with Gasteiger partial charge in [-0.2, -0.15) is 0 Å². The predicted molar refractivity (Wildman–Crippen MR) is 80.1 cm³/mol. The predicted octanol–water partition coefficient (Wildman–Crippen LogP) is 4.27. The first kappa shape index (κ1) is 13.1. The summed E-state index contributed by atoms with van der Waals surface area (Å²) in [5.41, 5.74) is 4.75. The average Bonchev–Trinajstić information content (AvgIpc) is 2.65. The van der Waals surface area contributed by atoms with E-state index in [0.717, 1.165) is 29.3 Å². The zero-order valence-corrected chi connectivity index (χ0v) is 12.4. The molecule has 0 aliphatic carbocycles. The van der Waals surface area contributed by atoms with Crippen molar-refractivity contribution in [1.82, 2.24) is 4.98 Å². The van der Waals surface area contributed by atoms with Crippen molar-refractivity contribution in [3.05, 3.63) is 53.1 Å². The van der Waals surface area contributed by atoms with E-state index in [-0.39, 0.29) is 11.2 Å². The summed E-state index contributed by atoms with van der Waals surface area (Å²) in [5.74, 6) is -0.158. The fourth-order valence-electron chi connectivity index (χ4n) is 2.80. The van der Waals surface area contributed by atoms with Crippen LogP contribution in [-0.2, 0) is 5.41 Å². The number of aryl methyl sites for hydroxylation is 2. The zero-order valence-electron chi connectivity index (χ0n) is 12.4. The maximum Gasteiger partial charge on any atom is 0.128 e. The Kier molecular flexibility index (Phi) is 2.82. The van der Waals surface area contributed by atoms with E-state index in [4.69, 9.17) is 0 Å². The molecule has 0 fully saturated rings. The number of benzene rings is 1. The van der Waals surface area contributed by atoms with Crippen LogP contribution in [-0.4, -0.2) is 11.5 Å². The Morgan fingerprint density at radius 3 is 2.60 bits per heavy atom. The fraction of sp³-hybridized carbons (Fsp3) is 0.353. The maximum atomic E-state index is 13.8. The Morgan fingerprint density at radius 2 is 1.90 bits per heavy atom. The Hall–Kier alpha value is -1.90. The summed E-state index contributed by atoms with van der Waals surface area (Å²) in [4.78, 5) is 6.84. The molecule has 1 aromatic heterocycles. The van der Waals surface area contributed by atoms with Gasteiger partial charge in [-0.3, -0.25) is 4.98 Å².